The predicted molar refractivity (Wildman–Crippen MR) is 92.0 cm³/mol. The third-order valence-electron chi connectivity index (χ3n) is 3.97. The molecule has 140 valence electrons. The molecule has 5 nitrogen and oxygen atoms in total. The van der Waals surface area contributed by atoms with Gasteiger partial charge in [-0.25, -0.2) is 4.98 Å². The zero-order valence-corrected chi connectivity index (χ0v) is 14.2. The molecule has 0 saturated heterocycles. The number of hydrogen-bond acceptors (Lipinski definition) is 3. The van der Waals surface area contributed by atoms with Gasteiger partial charge in [0, 0.05) is 30.8 Å². The lowest BCUT2D eigenvalue weighted by Gasteiger charge is -2.05. The number of halogens is 3. The van der Waals surface area contributed by atoms with Crippen LogP contribution in [-0.2, 0) is 17.5 Å². The molecule has 3 rings (SSSR count). The molecule has 0 fully saturated rings. The Balaban J connectivity index is 1.55. The van der Waals surface area contributed by atoms with Gasteiger partial charge in [0.2, 0.25) is 5.91 Å². The van der Waals surface area contributed by atoms with E-state index in [-0.39, 0.29) is 31.1 Å². The smallest absolute Gasteiger partial charge is 0.350 e. The molecule has 1 N–H and O–H groups in total. The van der Waals surface area contributed by atoms with E-state index in [1.54, 1.807) is 30.3 Å². The first kappa shape index (κ1) is 18.6. The van der Waals surface area contributed by atoms with Crippen LogP contribution in [0, 0.1) is 0 Å². The van der Waals surface area contributed by atoms with Crippen molar-refractivity contribution in [2.45, 2.75) is 25.6 Å². The molecule has 0 aliphatic heterocycles. The first-order chi connectivity index (χ1) is 12.8. The monoisotopic (exact) mass is 375 g/mol. The van der Waals surface area contributed by atoms with E-state index in [2.05, 4.69) is 10.3 Å². The van der Waals surface area contributed by atoms with Crippen LogP contribution in [0.25, 0.3) is 5.65 Å². The Morgan fingerprint density at radius 2 is 1.74 bits per heavy atom. The second-order valence-corrected chi connectivity index (χ2v) is 5.98. The van der Waals surface area contributed by atoms with Gasteiger partial charge in [-0.2, -0.15) is 13.2 Å². The molecule has 8 heteroatoms. The van der Waals surface area contributed by atoms with Crippen molar-refractivity contribution in [1.82, 2.24) is 14.7 Å². The molecule has 2 aromatic heterocycles. The highest BCUT2D eigenvalue weighted by Crippen LogP contribution is 2.29. The van der Waals surface area contributed by atoms with Crippen molar-refractivity contribution in [1.29, 1.82) is 0 Å². The van der Waals surface area contributed by atoms with E-state index in [9.17, 15) is 22.8 Å². The summed E-state index contributed by atoms with van der Waals surface area (Å²) in [6.45, 7) is 0.0708. The van der Waals surface area contributed by atoms with E-state index < -0.39 is 11.7 Å². The minimum absolute atomic E-state index is 0.0271. The van der Waals surface area contributed by atoms with Crippen molar-refractivity contribution in [3.05, 3.63) is 71.7 Å². The van der Waals surface area contributed by atoms with Crippen LogP contribution in [0.5, 0.6) is 0 Å². The van der Waals surface area contributed by atoms with E-state index in [1.807, 2.05) is 0 Å². The maximum Gasteiger partial charge on any atom is 0.417 e. The van der Waals surface area contributed by atoms with Gasteiger partial charge in [0.05, 0.1) is 17.8 Å². The van der Waals surface area contributed by atoms with Crippen LogP contribution in [-0.4, -0.2) is 21.1 Å². The molecule has 0 aliphatic rings. The van der Waals surface area contributed by atoms with E-state index in [0.29, 0.717) is 16.9 Å². The molecule has 0 radical (unpaired) electrons. The first-order valence-corrected chi connectivity index (χ1v) is 8.23. The number of hydrogen-bond donors (Lipinski definition) is 1. The molecule has 27 heavy (non-hydrogen) atoms. The van der Waals surface area contributed by atoms with Gasteiger partial charge >= 0.3 is 6.18 Å². The molecule has 0 saturated carbocycles. The van der Waals surface area contributed by atoms with Crippen LogP contribution >= 0.6 is 0 Å². The number of rotatable bonds is 6. The average molecular weight is 375 g/mol. The normalized spacial score (nSPS) is 11.5. The number of imidazole rings is 1. The Kier molecular flexibility index (Phi) is 5.25. The van der Waals surface area contributed by atoms with Crippen LogP contribution in [0.4, 0.5) is 13.2 Å². The number of amides is 1. The number of Topliss-reactive ketones (excluding diaryl/α,β-unsaturated/α-hetero) is 1. The van der Waals surface area contributed by atoms with Crippen molar-refractivity contribution in [2.24, 2.45) is 0 Å². The topological polar surface area (TPSA) is 63.5 Å². The highest BCUT2D eigenvalue weighted by atomic mass is 19.4. The van der Waals surface area contributed by atoms with E-state index in [0.717, 1.165) is 12.3 Å². The second-order valence-electron chi connectivity index (χ2n) is 5.98. The summed E-state index contributed by atoms with van der Waals surface area (Å²) in [4.78, 5) is 28.0. The highest BCUT2D eigenvalue weighted by molar-refractivity contribution is 5.97. The van der Waals surface area contributed by atoms with E-state index in [1.165, 1.54) is 16.7 Å². The molecule has 2 heterocycles. The molecule has 0 aliphatic carbocycles. The minimum atomic E-state index is -4.43. The minimum Gasteiger partial charge on any atom is -0.350 e. The van der Waals surface area contributed by atoms with Crippen LogP contribution in [0.15, 0.2) is 54.9 Å². The standard InChI is InChI=1S/C19H16F3N3O2/c20-19(21,22)14-6-8-17-24-15(12-25(17)11-14)10-23-18(27)9-7-16(26)13-4-2-1-3-5-13/h1-6,8,11-12H,7,9-10H2,(H,23,27). The Bertz CT molecular complexity index is 965. The fraction of sp³-hybridized carbons (Fsp3) is 0.211. The number of nitrogens with one attached hydrogen (secondary N) is 1. The van der Waals surface area contributed by atoms with Gasteiger partial charge in [-0.15, -0.1) is 0 Å². The first-order valence-electron chi connectivity index (χ1n) is 8.23. The van der Waals surface area contributed by atoms with E-state index >= 15 is 0 Å². The number of alkyl halides is 3. The Hall–Kier alpha value is -3.16. The average Bonchev–Trinajstić information content (AvgIpc) is 3.06. The zero-order chi connectivity index (χ0) is 19.4. The van der Waals surface area contributed by atoms with Gasteiger partial charge < -0.3 is 9.72 Å². The Labute approximate surface area is 152 Å². The Morgan fingerprint density at radius 1 is 1.00 bits per heavy atom. The van der Waals surface area contributed by atoms with Crippen LogP contribution in [0.1, 0.15) is 34.5 Å². The lowest BCUT2D eigenvalue weighted by Crippen LogP contribution is -2.23. The molecule has 0 spiro atoms. The molecule has 0 unspecified atom stereocenters. The molecule has 3 aromatic rings. The summed E-state index contributed by atoms with van der Waals surface area (Å²) in [5, 5.41) is 2.62. The molecular formula is C19H16F3N3O2. The summed E-state index contributed by atoms with van der Waals surface area (Å²) in [6.07, 6.45) is -1.94. The highest BCUT2D eigenvalue weighted by Gasteiger charge is 2.30. The number of carbonyl (C=O) groups excluding carboxylic acids is 2. The van der Waals surface area contributed by atoms with Crippen molar-refractivity contribution < 1.29 is 22.8 Å². The number of pyridine rings is 1. The van der Waals surface area contributed by atoms with Gasteiger partial charge in [-0.3, -0.25) is 9.59 Å². The lowest BCUT2D eigenvalue weighted by atomic mass is 10.1. The number of nitrogens with zero attached hydrogens (tertiary/aromatic N) is 2. The predicted octanol–water partition coefficient (Wildman–Crippen LogP) is 3.63. The lowest BCUT2D eigenvalue weighted by molar-refractivity contribution is -0.137. The van der Waals surface area contributed by atoms with E-state index in [4.69, 9.17) is 0 Å². The SMILES string of the molecule is O=C(CCC(=O)c1ccccc1)NCc1cn2cc(C(F)(F)F)ccc2n1. The van der Waals surface area contributed by atoms with Crippen LogP contribution < -0.4 is 5.32 Å². The molecule has 1 amide bonds. The maximum absolute atomic E-state index is 12.7. The molecular weight excluding hydrogens is 359 g/mol. The number of fused-ring (bicyclic) bond motifs is 1. The molecule has 0 atom stereocenters. The van der Waals surface area contributed by atoms with Crippen molar-refractivity contribution >= 4 is 17.3 Å². The third kappa shape index (κ3) is 4.72. The van der Waals surface area contributed by atoms with Gasteiger partial charge in [-0.1, -0.05) is 30.3 Å². The number of benzene rings is 1. The number of aromatic nitrogens is 2. The van der Waals surface area contributed by atoms with Crippen LogP contribution in [0.2, 0.25) is 0 Å². The van der Waals surface area contributed by atoms with Gasteiger partial charge in [-0.05, 0) is 12.1 Å². The fourth-order valence-corrected chi connectivity index (χ4v) is 2.57. The summed E-state index contributed by atoms with van der Waals surface area (Å²) >= 11 is 0. The maximum atomic E-state index is 12.7. The van der Waals surface area contributed by atoms with Gasteiger partial charge in [0.25, 0.3) is 0 Å². The summed E-state index contributed by atoms with van der Waals surface area (Å²) in [5.74, 6) is -0.453. The van der Waals surface area contributed by atoms with Crippen LogP contribution in [0.3, 0.4) is 0 Å². The summed E-state index contributed by atoms with van der Waals surface area (Å²) < 4.78 is 39.5. The molecule has 1 aromatic carbocycles. The Morgan fingerprint density at radius 3 is 2.44 bits per heavy atom. The van der Waals surface area contributed by atoms with Gasteiger partial charge in [0.15, 0.2) is 5.78 Å². The fourth-order valence-electron chi connectivity index (χ4n) is 2.57. The largest absolute Gasteiger partial charge is 0.417 e. The number of carbonyl (C=O) groups is 2. The summed E-state index contributed by atoms with van der Waals surface area (Å²) in [6, 6.07) is 10.9. The third-order valence-corrected chi connectivity index (χ3v) is 3.97. The van der Waals surface area contributed by atoms with Crippen molar-refractivity contribution in [3.8, 4) is 0 Å². The van der Waals surface area contributed by atoms with Crippen molar-refractivity contribution in [2.75, 3.05) is 0 Å². The summed E-state index contributed by atoms with van der Waals surface area (Å²) in [5.41, 5.74) is 0.553. The number of ketones is 1. The van der Waals surface area contributed by atoms with Crippen molar-refractivity contribution in [3.63, 3.8) is 0 Å². The zero-order valence-electron chi connectivity index (χ0n) is 14.2. The van der Waals surface area contributed by atoms with Gasteiger partial charge in [0.1, 0.15) is 5.65 Å². The second kappa shape index (κ2) is 7.61. The molecule has 0 bridgehead atoms. The summed E-state index contributed by atoms with van der Waals surface area (Å²) in [7, 11) is 0. The quantitative estimate of drug-likeness (QED) is 0.669.